The van der Waals surface area contributed by atoms with E-state index < -0.39 is 23.0 Å². The Hall–Kier alpha value is -2.77. The molecule has 0 aromatic heterocycles. The highest BCUT2D eigenvalue weighted by molar-refractivity contribution is 5.96. The molecule has 1 aromatic carbocycles. The Bertz CT molecular complexity index is 715. The second kappa shape index (κ2) is 7.23. The molecule has 1 fully saturated rings. The molecule has 1 aliphatic heterocycles. The van der Waals surface area contributed by atoms with E-state index in [-0.39, 0.29) is 6.03 Å². The van der Waals surface area contributed by atoms with Gasteiger partial charge in [0.25, 0.3) is 0 Å². The highest BCUT2D eigenvalue weighted by Crippen LogP contribution is 2.32. The lowest BCUT2D eigenvalue weighted by Gasteiger charge is -2.39. The fourth-order valence-electron chi connectivity index (χ4n) is 2.58. The first-order chi connectivity index (χ1) is 12.1. The van der Waals surface area contributed by atoms with Crippen LogP contribution in [0.15, 0.2) is 24.3 Å². The Labute approximate surface area is 153 Å². The molecule has 26 heavy (non-hydrogen) atoms. The molecule has 0 aliphatic carbocycles. The Morgan fingerprint density at radius 1 is 1.23 bits per heavy atom. The molecule has 0 unspecified atom stereocenters. The summed E-state index contributed by atoms with van der Waals surface area (Å²) in [6, 6.07) is 6.42. The van der Waals surface area contributed by atoms with E-state index in [9.17, 15) is 14.4 Å². The normalized spacial score (nSPS) is 14.7. The van der Waals surface area contributed by atoms with Crippen molar-refractivity contribution in [3.8, 4) is 0 Å². The van der Waals surface area contributed by atoms with Crippen LogP contribution in [0.3, 0.4) is 0 Å². The third-order valence-electron chi connectivity index (χ3n) is 4.96. The van der Waals surface area contributed by atoms with Crippen LogP contribution in [0.25, 0.3) is 0 Å². The minimum atomic E-state index is -0.922. The highest BCUT2D eigenvalue weighted by atomic mass is 16.5. The largest absolute Gasteiger partial charge is 0.469 e. The number of hydrogen-bond acceptors (Lipinski definition) is 4. The number of amides is 4. The lowest BCUT2D eigenvalue weighted by molar-refractivity contribution is -0.154. The van der Waals surface area contributed by atoms with Crippen LogP contribution < -0.4 is 20.9 Å². The lowest BCUT2D eigenvalue weighted by atomic mass is 9.74. The van der Waals surface area contributed by atoms with Gasteiger partial charge in [-0.1, -0.05) is 6.07 Å². The maximum Gasteiger partial charge on any atom is 0.321 e. The second-order valence-corrected chi connectivity index (χ2v) is 7.25. The van der Waals surface area contributed by atoms with Crippen LogP contribution in [0.1, 0.15) is 27.7 Å². The summed E-state index contributed by atoms with van der Waals surface area (Å²) in [5.41, 5.74) is -0.524. The van der Waals surface area contributed by atoms with Crippen molar-refractivity contribution in [2.75, 3.05) is 30.4 Å². The van der Waals surface area contributed by atoms with Crippen molar-refractivity contribution in [1.82, 2.24) is 10.6 Å². The summed E-state index contributed by atoms with van der Waals surface area (Å²) in [6.07, 6.45) is 0. The number of benzene rings is 1. The van der Waals surface area contributed by atoms with E-state index in [0.29, 0.717) is 24.5 Å². The van der Waals surface area contributed by atoms with Gasteiger partial charge < -0.3 is 20.7 Å². The molecule has 0 bridgehead atoms. The average Bonchev–Trinajstić information content (AvgIpc) is 2.99. The molecule has 4 amide bonds. The van der Waals surface area contributed by atoms with E-state index in [1.165, 1.54) is 7.11 Å². The fraction of sp³-hybridized carbons (Fsp3) is 0.500. The van der Waals surface area contributed by atoms with Gasteiger partial charge in [0.1, 0.15) is 0 Å². The quantitative estimate of drug-likeness (QED) is 0.700. The lowest BCUT2D eigenvalue weighted by Crippen LogP contribution is -2.58. The number of ether oxygens (including phenoxy) is 1. The van der Waals surface area contributed by atoms with Crippen molar-refractivity contribution < 1.29 is 19.1 Å². The number of urea groups is 2. The smallest absolute Gasteiger partial charge is 0.321 e. The molecule has 2 rings (SSSR count). The summed E-state index contributed by atoms with van der Waals surface area (Å²) in [6.45, 7) is 8.11. The number of rotatable bonds is 5. The van der Waals surface area contributed by atoms with Crippen LogP contribution in [0.5, 0.6) is 0 Å². The first kappa shape index (κ1) is 19.6. The third-order valence-corrected chi connectivity index (χ3v) is 4.96. The Morgan fingerprint density at radius 2 is 1.92 bits per heavy atom. The number of carbonyl (C=O) groups is 3. The van der Waals surface area contributed by atoms with Crippen LogP contribution >= 0.6 is 0 Å². The van der Waals surface area contributed by atoms with Crippen molar-refractivity contribution in [2.24, 2.45) is 5.41 Å². The summed E-state index contributed by atoms with van der Waals surface area (Å²) in [4.78, 5) is 37.8. The zero-order chi connectivity index (χ0) is 19.5. The third kappa shape index (κ3) is 3.89. The molecule has 0 saturated carbocycles. The van der Waals surface area contributed by atoms with Crippen LogP contribution in [-0.2, 0) is 9.53 Å². The van der Waals surface area contributed by atoms with Crippen molar-refractivity contribution >= 4 is 29.4 Å². The Balaban J connectivity index is 2.08. The van der Waals surface area contributed by atoms with Crippen LogP contribution in [0.2, 0.25) is 0 Å². The first-order valence-corrected chi connectivity index (χ1v) is 8.41. The van der Waals surface area contributed by atoms with Gasteiger partial charge >= 0.3 is 18.0 Å². The molecular formula is C18H26N4O4. The van der Waals surface area contributed by atoms with Gasteiger partial charge in [-0.25, -0.2) is 9.59 Å². The van der Waals surface area contributed by atoms with E-state index in [0.717, 1.165) is 0 Å². The molecule has 1 aromatic rings. The zero-order valence-corrected chi connectivity index (χ0v) is 15.8. The van der Waals surface area contributed by atoms with Gasteiger partial charge in [0.2, 0.25) is 0 Å². The van der Waals surface area contributed by atoms with Crippen LogP contribution in [0, 0.1) is 5.41 Å². The summed E-state index contributed by atoms with van der Waals surface area (Å²) in [5.74, 6) is -0.412. The molecule has 1 heterocycles. The van der Waals surface area contributed by atoms with E-state index >= 15 is 0 Å². The number of nitrogens with one attached hydrogen (secondary N) is 3. The van der Waals surface area contributed by atoms with Gasteiger partial charge in [-0.3, -0.25) is 9.69 Å². The van der Waals surface area contributed by atoms with Gasteiger partial charge in [-0.05, 0) is 45.9 Å². The van der Waals surface area contributed by atoms with Crippen molar-refractivity contribution in [3.63, 3.8) is 0 Å². The summed E-state index contributed by atoms with van der Waals surface area (Å²) < 4.78 is 4.83. The Kier molecular flexibility index (Phi) is 5.44. The molecule has 1 saturated heterocycles. The summed E-state index contributed by atoms with van der Waals surface area (Å²) >= 11 is 0. The predicted molar refractivity (Wildman–Crippen MR) is 99.2 cm³/mol. The van der Waals surface area contributed by atoms with Crippen LogP contribution in [-0.4, -0.2) is 43.8 Å². The minimum absolute atomic E-state index is 0.160. The van der Waals surface area contributed by atoms with E-state index in [4.69, 9.17) is 4.74 Å². The zero-order valence-electron chi connectivity index (χ0n) is 15.8. The SMILES string of the molecule is COC(=O)C(C)(C)C(C)(C)NC(=O)Nc1cccc(N2CCNC2=O)c1. The monoisotopic (exact) mass is 362 g/mol. The number of nitrogens with zero attached hydrogens (tertiary/aromatic N) is 1. The van der Waals surface area contributed by atoms with E-state index in [1.807, 2.05) is 0 Å². The maximum absolute atomic E-state index is 12.4. The number of esters is 1. The molecule has 1 aliphatic rings. The number of anilines is 2. The molecule has 142 valence electrons. The first-order valence-electron chi connectivity index (χ1n) is 8.41. The molecule has 0 atom stereocenters. The van der Waals surface area contributed by atoms with Crippen molar-refractivity contribution in [1.29, 1.82) is 0 Å². The van der Waals surface area contributed by atoms with Gasteiger partial charge in [-0.2, -0.15) is 0 Å². The molecule has 8 heteroatoms. The van der Waals surface area contributed by atoms with Crippen LogP contribution in [0.4, 0.5) is 21.0 Å². The second-order valence-electron chi connectivity index (χ2n) is 7.25. The topological polar surface area (TPSA) is 99.8 Å². The molecule has 0 spiro atoms. The van der Waals surface area contributed by atoms with Gasteiger partial charge in [0.15, 0.2) is 0 Å². The van der Waals surface area contributed by atoms with Gasteiger partial charge in [0.05, 0.1) is 18.1 Å². The van der Waals surface area contributed by atoms with Crippen molar-refractivity contribution in [3.05, 3.63) is 24.3 Å². The minimum Gasteiger partial charge on any atom is -0.469 e. The molecule has 8 nitrogen and oxygen atoms in total. The average molecular weight is 362 g/mol. The predicted octanol–water partition coefficient (Wildman–Crippen LogP) is 2.32. The fourth-order valence-corrected chi connectivity index (χ4v) is 2.58. The summed E-state index contributed by atoms with van der Waals surface area (Å²) in [5, 5.41) is 8.30. The highest BCUT2D eigenvalue weighted by Gasteiger charge is 2.45. The standard InChI is InChI=1S/C18H26N4O4/c1-17(2,14(23)26-5)18(3,4)21-15(24)20-12-7-6-8-13(11-12)22-10-9-19-16(22)25/h6-8,11H,9-10H2,1-5H3,(H,19,25)(H2,20,21,24). The molecular weight excluding hydrogens is 336 g/mol. The van der Waals surface area contributed by atoms with Gasteiger partial charge in [-0.15, -0.1) is 0 Å². The van der Waals surface area contributed by atoms with E-state index in [1.54, 1.807) is 56.9 Å². The van der Waals surface area contributed by atoms with Gasteiger partial charge in [0, 0.05) is 24.5 Å². The molecule has 0 radical (unpaired) electrons. The number of methoxy groups -OCH3 is 1. The molecule has 3 N–H and O–H groups in total. The number of hydrogen-bond donors (Lipinski definition) is 3. The Morgan fingerprint density at radius 3 is 2.50 bits per heavy atom. The van der Waals surface area contributed by atoms with Crippen molar-refractivity contribution in [2.45, 2.75) is 33.2 Å². The maximum atomic E-state index is 12.4. The van der Waals surface area contributed by atoms with E-state index in [2.05, 4.69) is 16.0 Å². The number of carbonyl (C=O) groups excluding carboxylic acids is 3. The summed E-state index contributed by atoms with van der Waals surface area (Å²) in [7, 11) is 1.32.